The third kappa shape index (κ3) is 3.78. The molecule has 4 heteroatoms. The minimum absolute atomic E-state index is 0.623. The minimum atomic E-state index is 0.623. The molecule has 21 heavy (non-hydrogen) atoms. The van der Waals surface area contributed by atoms with E-state index in [1.54, 1.807) is 7.11 Å². The van der Waals surface area contributed by atoms with Crippen molar-refractivity contribution in [3.8, 4) is 5.75 Å². The Morgan fingerprint density at radius 1 is 1.19 bits per heavy atom. The van der Waals surface area contributed by atoms with Gasteiger partial charge in [0.15, 0.2) is 0 Å². The third-order valence-electron chi connectivity index (χ3n) is 4.11. The van der Waals surface area contributed by atoms with Gasteiger partial charge in [-0.15, -0.1) is 0 Å². The van der Waals surface area contributed by atoms with Crippen LogP contribution in [0, 0.1) is 0 Å². The van der Waals surface area contributed by atoms with Crippen molar-refractivity contribution in [2.45, 2.75) is 44.7 Å². The summed E-state index contributed by atoms with van der Waals surface area (Å²) in [5.74, 6) is 0.888. The second kappa shape index (κ2) is 6.66. The molecule has 1 heterocycles. The molecule has 1 fully saturated rings. The van der Waals surface area contributed by atoms with Gasteiger partial charge in [-0.25, -0.2) is 0 Å². The van der Waals surface area contributed by atoms with E-state index in [2.05, 4.69) is 28.7 Å². The highest BCUT2D eigenvalue weighted by Crippen LogP contribution is 2.21. The van der Waals surface area contributed by atoms with Gasteiger partial charge < -0.3 is 10.1 Å². The van der Waals surface area contributed by atoms with E-state index in [4.69, 9.17) is 4.74 Å². The van der Waals surface area contributed by atoms with Crippen molar-refractivity contribution in [1.82, 2.24) is 9.78 Å². The van der Waals surface area contributed by atoms with E-state index in [0.717, 1.165) is 18.0 Å². The summed E-state index contributed by atoms with van der Waals surface area (Å²) in [6.45, 7) is 0.788. The number of nitrogens with zero attached hydrogens (tertiary/aromatic N) is 2. The Morgan fingerprint density at radius 3 is 2.67 bits per heavy atom. The highest BCUT2D eigenvalue weighted by Gasteiger charge is 2.13. The van der Waals surface area contributed by atoms with Gasteiger partial charge in [0, 0.05) is 12.2 Å². The molecule has 1 aromatic heterocycles. The van der Waals surface area contributed by atoms with Crippen LogP contribution in [0.5, 0.6) is 5.75 Å². The highest BCUT2D eigenvalue weighted by molar-refractivity contribution is 5.39. The van der Waals surface area contributed by atoms with Crippen LogP contribution in [0.15, 0.2) is 36.7 Å². The minimum Gasteiger partial charge on any atom is -0.497 e. The molecule has 112 valence electrons. The van der Waals surface area contributed by atoms with Crippen LogP contribution in [-0.2, 0) is 6.54 Å². The van der Waals surface area contributed by atoms with Gasteiger partial charge in [-0.3, -0.25) is 4.68 Å². The predicted octanol–water partition coefficient (Wildman–Crippen LogP) is 3.68. The molecule has 0 atom stereocenters. The molecule has 0 spiro atoms. The van der Waals surface area contributed by atoms with Gasteiger partial charge in [0.25, 0.3) is 0 Å². The third-order valence-corrected chi connectivity index (χ3v) is 4.11. The lowest BCUT2D eigenvalue weighted by molar-refractivity contribution is 0.414. The zero-order valence-electron chi connectivity index (χ0n) is 12.6. The lowest BCUT2D eigenvalue weighted by Gasteiger charge is -2.22. The normalized spacial score (nSPS) is 15.9. The first-order valence-corrected chi connectivity index (χ1v) is 7.75. The first-order chi connectivity index (χ1) is 10.3. The summed E-state index contributed by atoms with van der Waals surface area (Å²) in [7, 11) is 1.69. The topological polar surface area (TPSA) is 39.1 Å². The van der Waals surface area contributed by atoms with Crippen LogP contribution >= 0.6 is 0 Å². The van der Waals surface area contributed by atoms with Crippen molar-refractivity contribution in [1.29, 1.82) is 0 Å². The maximum Gasteiger partial charge on any atom is 0.118 e. The highest BCUT2D eigenvalue weighted by atomic mass is 16.5. The van der Waals surface area contributed by atoms with E-state index in [9.17, 15) is 0 Å². The summed E-state index contributed by atoms with van der Waals surface area (Å²) in [4.78, 5) is 0. The Bertz CT molecular complexity index is 556. The van der Waals surface area contributed by atoms with Gasteiger partial charge in [-0.05, 0) is 30.5 Å². The fourth-order valence-electron chi connectivity index (χ4n) is 2.93. The molecule has 0 bridgehead atoms. The number of aromatic nitrogens is 2. The average molecular weight is 285 g/mol. The molecule has 0 unspecified atom stereocenters. The molecule has 1 aliphatic carbocycles. The standard InChI is InChI=1S/C17H23N3O/c1-21-17-9-7-14(8-10-17)12-20-13-16(11-18-20)19-15-5-3-2-4-6-15/h7-11,13,15,19H,2-6,12H2,1H3. The van der Waals surface area contributed by atoms with E-state index in [0.29, 0.717) is 6.04 Å². The first-order valence-electron chi connectivity index (χ1n) is 7.75. The van der Waals surface area contributed by atoms with Crippen molar-refractivity contribution in [2.24, 2.45) is 0 Å². The number of hydrogen-bond acceptors (Lipinski definition) is 3. The Hall–Kier alpha value is -1.97. The quantitative estimate of drug-likeness (QED) is 0.910. The van der Waals surface area contributed by atoms with Gasteiger partial charge in [-0.1, -0.05) is 31.4 Å². The Kier molecular flexibility index (Phi) is 4.43. The number of benzene rings is 1. The number of hydrogen-bond donors (Lipinski definition) is 1. The molecular weight excluding hydrogens is 262 g/mol. The van der Waals surface area contributed by atoms with E-state index in [1.807, 2.05) is 23.0 Å². The molecule has 3 rings (SSSR count). The fourth-order valence-corrected chi connectivity index (χ4v) is 2.93. The van der Waals surface area contributed by atoms with E-state index < -0.39 is 0 Å². The number of ether oxygens (including phenoxy) is 1. The summed E-state index contributed by atoms with van der Waals surface area (Å²) in [5.41, 5.74) is 2.36. The maximum absolute atomic E-state index is 5.18. The molecular formula is C17H23N3O. The Labute approximate surface area is 126 Å². The Morgan fingerprint density at radius 2 is 1.95 bits per heavy atom. The summed E-state index contributed by atoms with van der Waals surface area (Å²) in [6.07, 6.45) is 10.7. The molecule has 1 aromatic carbocycles. The summed E-state index contributed by atoms with van der Waals surface area (Å²) in [5, 5.41) is 8.04. The Balaban J connectivity index is 1.58. The summed E-state index contributed by atoms with van der Waals surface area (Å²) < 4.78 is 7.15. The molecule has 4 nitrogen and oxygen atoms in total. The molecule has 2 aromatic rings. The van der Waals surface area contributed by atoms with Crippen LogP contribution in [0.4, 0.5) is 5.69 Å². The number of anilines is 1. The van der Waals surface area contributed by atoms with Crippen LogP contribution < -0.4 is 10.1 Å². The zero-order chi connectivity index (χ0) is 14.5. The van der Waals surface area contributed by atoms with Crippen molar-refractivity contribution >= 4 is 5.69 Å². The van der Waals surface area contributed by atoms with E-state index in [-0.39, 0.29) is 0 Å². The number of nitrogens with one attached hydrogen (secondary N) is 1. The van der Waals surface area contributed by atoms with Crippen molar-refractivity contribution < 1.29 is 4.74 Å². The molecule has 0 aliphatic heterocycles. The van der Waals surface area contributed by atoms with Crippen LogP contribution in [-0.4, -0.2) is 22.9 Å². The van der Waals surface area contributed by atoms with E-state index in [1.165, 1.54) is 37.7 Å². The van der Waals surface area contributed by atoms with Crippen molar-refractivity contribution in [2.75, 3.05) is 12.4 Å². The lowest BCUT2D eigenvalue weighted by Crippen LogP contribution is -2.21. The second-order valence-corrected chi connectivity index (χ2v) is 5.75. The first kappa shape index (κ1) is 14.0. The SMILES string of the molecule is COc1ccc(Cn2cc(NC3CCCCC3)cn2)cc1. The molecule has 0 saturated heterocycles. The van der Waals surface area contributed by atoms with Crippen LogP contribution in [0.25, 0.3) is 0 Å². The second-order valence-electron chi connectivity index (χ2n) is 5.75. The largest absolute Gasteiger partial charge is 0.497 e. The van der Waals surface area contributed by atoms with Gasteiger partial charge in [-0.2, -0.15) is 5.10 Å². The molecule has 1 N–H and O–H groups in total. The number of rotatable bonds is 5. The van der Waals surface area contributed by atoms with Gasteiger partial charge in [0.2, 0.25) is 0 Å². The van der Waals surface area contributed by atoms with Crippen LogP contribution in [0.2, 0.25) is 0 Å². The van der Waals surface area contributed by atoms with Crippen molar-refractivity contribution in [3.63, 3.8) is 0 Å². The fraction of sp³-hybridized carbons (Fsp3) is 0.471. The van der Waals surface area contributed by atoms with Crippen LogP contribution in [0.1, 0.15) is 37.7 Å². The van der Waals surface area contributed by atoms with E-state index >= 15 is 0 Å². The lowest BCUT2D eigenvalue weighted by atomic mass is 9.95. The van der Waals surface area contributed by atoms with Crippen molar-refractivity contribution in [3.05, 3.63) is 42.2 Å². The van der Waals surface area contributed by atoms with Gasteiger partial charge in [0.05, 0.1) is 25.5 Å². The van der Waals surface area contributed by atoms with Gasteiger partial charge >= 0.3 is 0 Å². The molecule has 0 amide bonds. The number of methoxy groups -OCH3 is 1. The monoisotopic (exact) mass is 285 g/mol. The molecule has 0 radical (unpaired) electrons. The van der Waals surface area contributed by atoms with Gasteiger partial charge in [0.1, 0.15) is 5.75 Å². The molecule has 1 aliphatic rings. The van der Waals surface area contributed by atoms with Crippen LogP contribution in [0.3, 0.4) is 0 Å². The summed E-state index contributed by atoms with van der Waals surface area (Å²) in [6, 6.07) is 8.75. The average Bonchev–Trinajstić information content (AvgIpc) is 2.96. The summed E-state index contributed by atoms with van der Waals surface area (Å²) >= 11 is 0. The maximum atomic E-state index is 5.18. The smallest absolute Gasteiger partial charge is 0.118 e. The molecule has 1 saturated carbocycles. The predicted molar refractivity (Wildman–Crippen MR) is 84.8 cm³/mol. The zero-order valence-corrected chi connectivity index (χ0v) is 12.6.